The fourth-order valence-electron chi connectivity index (χ4n) is 1.90. The number of rotatable bonds is 2. The van der Waals surface area contributed by atoms with Crippen molar-refractivity contribution in [3.63, 3.8) is 0 Å². The van der Waals surface area contributed by atoms with Crippen LogP contribution < -0.4 is 5.32 Å². The average Bonchev–Trinajstić information content (AvgIpc) is 2.42. The minimum absolute atomic E-state index is 0.197. The van der Waals surface area contributed by atoms with Gasteiger partial charge in [-0.2, -0.15) is 0 Å². The molecule has 0 radical (unpaired) electrons. The first kappa shape index (κ1) is 14.6. The molecule has 2 rings (SSSR count). The molecule has 2 aromatic carbocycles. The molecule has 2 aromatic rings. The lowest BCUT2D eigenvalue weighted by atomic mass is 10.1. The Kier molecular flexibility index (Phi) is 4.14. The second-order valence-electron chi connectivity index (χ2n) is 4.82. The summed E-state index contributed by atoms with van der Waals surface area (Å²) in [5.74, 6) is 0.0185. The molecule has 2 N–H and O–H groups in total. The van der Waals surface area contributed by atoms with E-state index in [1.54, 1.807) is 31.2 Å². The summed E-state index contributed by atoms with van der Waals surface area (Å²) in [5.41, 5.74) is 3.73. The van der Waals surface area contributed by atoms with E-state index in [0.29, 0.717) is 16.8 Å². The Bertz CT molecular complexity index is 680. The molecule has 0 fully saturated rings. The Morgan fingerprint density at radius 2 is 1.75 bits per heavy atom. The summed E-state index contributed by atoms with van der Waals surface area (Å²) >= 11 is 3.42. The topological polar surface area (TPSA) is 49.3 Å². The number of aromatic hydroxyl groups is 1. The van der Waals surface area contributed by atoms with Crippen LogP contribution in [0.25, 0.3) is 0 Å². The van der Waals surface area contributed by atoms with Gasteiger partial charge in [0.2, 0.25) is 0 Å². The van der Waals surface area contributed by atoms with Crippen LogP contribution in [0.4, 0.5) is 5.69 Å². The first-order valence-corrected chi connectivity index (χ1v) is 7.06. The van der Waals surface area contributed by atoms with Gasteiger partial charge in [0.15, 0.2) is 0 Å². The van der Waals surface area contributed by atoms with Gasteiger partial charge in [-0.15, -0.1) is 0 Å². The smallest absolute Gasteiger partial charge is 0.255 e. The number of benzene rings is 2. The summed E-state index contributed by atoms with van der Waals surface area (Å²) in [6.45, 7) is 5.57. The van der Waals surface area contributed by atoms with Crippen LogP contribution in [0.1, 0.15) is 27.0 Å². The number of halogens is 1. The lowest BCUT2D eigenvalue weighted by Gasteiger charge is -2.12. The van der Waals surface area contributed by atoms with Crippen LogP contribution in [0, 0.1) is 20.8 Å². The fraction of sp³-hybridized carbons (Fsp3) is 0.188. The van der Waals surface area contributed by atoms with Crippen molar-refractivity contribution < 1.29 is 9.90 Å². The van der Waals surface area contributed by atoms with Crippen LogP contribution in [0.2, 0.25) is 0 Å². The predicted octanol–water partition coefficient (Wildman–Crippen LogP) is 4.33. The van der Waals surface area contributed by atoms with Gasteiger partial charge in [0, 0.05) is 21.3 Å². The van der Waals surface area contributed by atoms with E-state index < -0.39 is 0 Å². The molecule has 0 aromatic heterocycles. The lowest BCUT2D eigenvalue weighted by Crippen LogP contribution is -2.13. The van der Waals surface area contributed by atoms with Crippen molar-refractivity contribution in [1.82, 2.24) is 0 Å². The predicted molar refractivity (Wildman–Crippen MR) is 84.4 cm³/mol. The highest BCUT2D eigenvalue weighted by atomic mass is 79.9. The van der Waals surface area contributed by atoms with Crippen molar-refractivity contribution in [3.05, 3.63) is 57.1 Å². The summed E-state index contributed by atoms with van der Waals surface area (Å²) in [7, 11) is 0. The number of aryl methyl sites for hydroxylation is 2. The number of hydrogen-bond donors (Lipinski definition) is 2. The molecular formula is C16H16BrNO2. The van der Waals surface area contributed by atoms with Crippen molar-refractivity contribution in [1.29, 1.82) is 0 Å². The number of anilines is 1. The van der Waals surface area contributed by atoms with Gasteiger partial charge >= 0.3 is 0 Å². The van der Waals surface area contributed by atoms with E-state index in [1.807, 2.05) is 19.9 Å². The molecule has 0 heterocycles. The molecule has 20 heavy (non-hydrogen) atoms. The van der Waals surface area contributed by atoms with Gasteiger partial charge < -0.3 is 10.4 Å². The van der Waals surface area contributed by atoms with E-state index in [4.69, 9.17) is 0 Å². The zero-order valence-corrected chi connectivity index (χ0v) is 13.2. The van der Waals surface area contributed by atoms with Crippen molar-refractivity contribution >= 4 is 27.5 Å². The highest BCUT2D eigenvalue weighted by Gasteiger charge is 2.11. The minimum atomic E-state index is -0.197. The van der Waals surface area contributed by atoms with Gasteiger partial charge in [-0.25, -0.2) is 0 Å². The first-order valence-electron chi connectivity index (χ1n) is 6.27. The van der Waals surface area contributed by atoms with Gasteiger partial charge in [0.1, 0.15) is 5.75 Å². The van der Waals surface area contributed by atoms with Gasteiger partial charge in [-0.05, 0) is 50.1 Å². The molecule has 0 unspecified atom stereocenters. The Morgan fingerprint density at radius 1 is 1.10 bits per heavy atom. The number of hydrogen-bond acceptors (Lipinski definition) is 2. The SMILES string of the molecule is Cc1ccc(C(=O)Nc2ccc(C)c(O)c2C)cc1Br. The van der Waals surface area contributed by atoms with Crippen LogP contribution >= 0.6 is 15.9 Å². The Morgan fingerprint density at radius 3 is 2.40 bits per heavy atom. The van der Waals surface area contributed by atoms with Crippen LogP contribution in [-0.2, 0) is 0 Å². The third-order valence-electron chi connectivity index (χ3n) is 3.31. The average molecular weight is 334 g/mol. The Balaban J connectivity index is 2.28. The van der Waals surface area contributed by atoms with Crippen molar-refractivity contribution in [2.75, 3.05) is 5.32 Å². The number of carbonyl (C=O) groups excluding carboxylic acids is 1. The molecule has 4 heteroatoms. The molecule has 0 bridgehead atoms. The maximum atomic E-state index is 12.2. The van der Waals surface area contributed by atoms with Gasteiger partial charge in [-0.3, -0.25) is 4.79 Å². The molecule has 0 atom stereocenters. The first-order chi connectivity index (χ1) is 9.40. The molecular weight excluding hydrogens is 318 g/mol. The van der Waals surface area contributed by atoms with E-state index in [0.717, 1.165) is 15.6 Å². The highest BCUT2D eigenvalue weighted by molar-refractivity contribution is 9.10. The molecule has 0 aliphatic carbocycles. The van der Waals surface area contributed by atoms with Crippen molar-refractivity contribution in [2.24, 2.45) is 0 Å². The zero-order valence-electron chi connectivity index (χ0n) is 11.6. The summed E-state index contributed by atoms with van der Waals surface area (Å²) in [6.07, 6.45) is 0. The Hall–Kier alpha value is -1.81. The summed E-state index contributed by atoms with van der Waals surface area (Å²) in [6, 6.07) is 9.03. The quantitative estimate of drug-likeness (QED) is 0.859. The van der Waals surface area contributed by atoms with Gasteiger partial charge in [-0.1, -0.05) is 28.1 Å². The highest BCUT2D eigenvalue weighted by Crippen LogP contribution is 2.28. The van der Waals surface area contributed by atoms with Crippen LogP contribution in [0.5, 0.6) is 5.75 Å². The maximum absolute atomic E-state index is 12.2. The van der Waals surface area contributed by atoms with E-state index in [-0.39, 0.29) is 11.7 Å². The van der Waals surface area contributed by atoms with Crippen LogP contribution in [0.3, 0.4) is 0 Å². The summed E-state index contributed by atoms with van der Waals surface area (Å²) < 4.78 is 0.897. The third-order valence-corrected chi connectivity index (χ3v) is 4.17. The summed E-state index contributed by atoms with van der Waals surface area (Å²) in [5, 5.41) is 12.7. The molecule has 0 aliphatic heterocycles. The lowest BCUT2D eigenvalue weighted by molar-refractivity contribution is 0.102. The van der Waals surface area contributed by atoms with E-state index >= 15 is 0 Å². The van der Waals surface area contributed by atoms with Crippen LogP contribution in [-0.4, -0.2) is 11.0 Å². The molecule has 0 spiro atoms. The molecule has 0 aliphatic rings. The third kappa shape index (κ3) is 2.85. The molecule has 0 saturated carbocycles. The number of amides is 1. The number of carbonyl (C=O) groups is 1. The standard InChI is InChI=1S/C16H16BrNO2/c1-9-4-6-12(8-13(9)17)16(20)18-14-7-5-10(2)15(19)11(14)3/h4-8,19H,1-3H3,(H,18,20). The number of phenols is 1. The van der Waals surface area contributed by atoms with E-state index in [1.165, 1.54) is 0 Å². The second-order valence-corrected chi connectivity index (χ2v) is 5.68. The van der Waals surface area contributed by atoms with Gasteiger partial charge in [0.05, 0.1) is 0 Å². The molecule has 104 valence electrons. The zero-order chi connectivity index (χ0) is 14.9. The monoisotopic (exact) mass is 333 g/mol. The maximum Gasteiger partial charge on any atom is 0.255 e. The van der Waals surface area contributed by atoms with Crippen molar-refractivity contribution in [2.45, 2.75) is 20.8 Å². The largest absolute Gasteiger partial charge is 0.507 e. The van der Waals surface area contributed by atoms with Crippen molar-refractivity contribution in [3.8, 4) is 5.75 Å². The second kappa shape index (κ2) is 5.67. The molecule has 3 nitrogen and oxygen atoms in total. The molecule has 0 saturated heterocycles. The Labute approximate surface area is 126 Å². The van der Waals surface area contributed by atoms with Gasteiger partial charge in [0.25, 0.3) is 5.91 Å². The normalized spacial score (nSPS) is 10.4. The summed E-state index contributed by atoms with van der Waals surface area (Å²) in [4.78, 5) is 12.2. The molecule has 1 amide bonds. The fourth-order valence-corrected chi connectivity index (χ4v) is 2.28. The number of phenolic OH excluding ortho intramolecular Hbond substituents is 1. The van der Waals surface area contributed by atoms with E-state index in [2.05, 4.69) is 21.2 Å². The minimum Gasteiger partial charge on any atom is -0.507 e. The number of nitrogens with one attached hydrogen (secondary N) is 1. The van der Waals surface area contributed by atoms with Crippen LogP contribution in [0.15, 0.2) is 34.8 Å². The van der Waals surface area contributed by atoms with E-state index in [9.17, 15) is 9.90 Å².